The fourth-order valence-corrected chi connectivity index (χ4v) is 17.3. The van der Waals surface area contributed by atoms with Crippen LogP contribution in [0.1, 0.15) is 6.42 Å². The van der Waals surface area contributed by atoms with Gasteiger partial charge >= 0.3 is 0 Å². The molecule has 0 amide bonds. The van der Waals surface area contributed by atoms with Gasteiger partial charge in [-0.2, -0.15) is 0 Å². The molecule has 0 aromatic rings. The number of rotatable bonds is 0. The van der Waals surface area contributed by atoms with Crippen LogP contribution in [0.5, 0.6) is 0 Å². The van der Waals surface area contributed by atoms with Gasteiger partial charge in [-0.15, -0.1) is 15.3 Å². The largest absolute Gasteiger partial charge is 0.127 e. The first-order valence-corrected chi connectivity index (χ1v) is 11.7. The second kappa shape index (κ2) is 2.88. The van der Waals surface area contributed by atoms with Crippen LogP contribution in [0.2, 0.25) is 30.8 Å². The molecule has 0 saturated carbocycles. The number of hydrogen-bond donors (Lipinski definition) is 0. The Morgan fingerprint density at radius 3 is 2.56 bits per heavy atom. The predicted molar refractivity (Wildman–Crippen MR) is 52.6 cm³/mol. The molecule has 0 aromatic heterocycles. The lowest BCUT2D eigenvalue weighted by Crippen LogP contribution is -2.32. The predicted octanol–water partition coefficient (Wildman–Crippen LogP) is 2.76. The topological polar surface area (TPSA) is 0 Å². The molecule has 0 nitrogen and oxygen atoms in total. The van der Waals surface area contributed by atoms with Crippen LogP contribution in [0, 0.1) is 0 Å². The molecule has 0 aliphatic carbocycles. The summed E-state index contributed by atoms with van der Waals surface area (Å²) in [5.41, 5.74) is 1.63. The zero-order chi connectivity index (χ0) is 6.91. The third kappa shape index (κ3) is 2.55. The number of halogens is 1. The highest BCUT2D eigenvalue weighted by atomic mass is 79.9. The second-order valence-corrected chi connectivity index (χ2v) is 17.1. The van der Waals surface area contributed by atoms with Crippen LogP contribution in [0.25, 0.3) is 0 Å². The molecule has 1 rings (SSSR count). The highest BCUT2D eigenvalue weighted by Crippen LogP contribution is 2.32. The van der Waals surface area contributed by atoms with E-state index >= 15 is 0 Å². The number of hydrogen-bond acceptors (Lipinski definition) is 0. The summed E-state index contributed by atoms with van der Waals surface area (Å²) in [6.45, 7) is 4.22. The van der Waals surface area contributed by atoms with E-state index in [0.29, 0.717) is 0 Å². The average Bonchev–Trinajstić information content (AvgIpc) is 1.60. The minimum Gasteiger partial charge on any atom is -0.127 e. The summed E-state index contributed by atoms with van der Waals surface area (Å²) in [4.78, 5) is 0. The van der Waals surface area contributed by atoms with Gasteiger partial charge in [0, 0.05) is 8.80 Å². The van der Waals surface area contributed by atoms with Crippen LogP contribution >= 0.6 is 15.3 Å². The molecule has 9 heavy (non-hydrogen) atoms. The van der Waals surface area contributed by atoms with E-state index in [0.717, 1.165) is 0 Å². The summed E-state index contributed by atoms with van der Waals surface area (Å²) in [7, 11) is -0.205. The third-order valence-corrected chi connectivity index (χ3v) is 15.3. The molecular weight excluding hydrogens is 208 g/mol. The maximum Gasteiger partial charge on any atom is 0.124 e. The Balaban J connectivity index is 2.41. The molecule has 0 aromatic carbocycles. The highest BCUT2D eigenvalue weighted by molar-refractivity contribution is 9.26. The molecule has 3 heteroatoms. The summed E-state index contributed by atoms with van der Waals surface area (Å²) in [5.74, 6) is 0. The lowest BCUT2D eigenvalue weighted by Gasteiger charge is -2.28. The van der Waals surface area contributed by atoms with Crippen molar-refractivity contribution in [2.75, 3.05) is 0 Å². The maximum absolute atomic E-state index is 3.91. The van der Waals surface area contributed by atoms with Crippen LogP contribution in [0.15, 0.2) is 0 Å². The van der Waals surface area contributed by atoms with Gasteiger partial charge in [-0.05, 0) is 6.04 Å². The fourth-order valence-electron chi connectivity index (χ4n) is 1.75. The Labute approximate surface area is 68.2 Å². The van der Waals surface area contributed by atoms with Gasteiger partial charge in [0.25, 0.3) is 0 Å². The van der Waals surface area contributed by atoms with E-state index < -0.39 is 6.69 Å². The van der Waals surface area contributed by atoms with Gasteiger partial charge in [-0.25, -0.2) is 0 Å². The van der Waals surface area contributed by atoms with Crippen LogP contribution < -0.4 is 0 Å². The van der Waals surface area contributed by atoms with E-state index in [4.69, 9.17) is 0 Å². The van der Waals surface area contributed by atoms with E-state index in [1.807, 2.05) is 0 Å². The van der Waals surface area contributed by atoms with Gasteiger partial charge < -0.3 is 0 Å². The quantitative estimate of drug-likeness (QED) is 0.437. The second-order valence-electron chi connectivity index (χ2n) is 3.61. The zero-order valence-electron chi connectivity index (χ0n) is 6.28. The highest BCUT2D eigenvalue weighted by Gasteiger charge is 2.29. The van der Waals surface area contributed by atoms with Crippen molar-refractivity contribution in [2.24, 2.45) is 0 Å². The van der Waals surface area contributed by atoms with Gasteiger partial charge in [-0.1, -0.05) is 31.2 Å². The lowest BCUT2D eigenvalue weighted by molar-refractivity contribution is 1.01. The van der Waals surface area contributed by atoms with Crippen molar-refractivity contribution in [3.8, 4) is 0 Å². The average molecular weight is 223 g/mol. The Bertz CT molecular complexity index is 103. The molecule has 0 radical (unpaired) electrons. The van der Waals surface area contributed by atoms with E-state index in [-0.39, 0.29) is 8.80 Å². The van der Waals surface area contributed by atoms with Gasteiger partial charge in [0.05, 0.1) is 0 Å². The first-order chi connectivity index (χ1) is 4.10. The van der Waals surface area contributed by atoms with Gasteiger partial charge in [0.1, 0.15) is 6.69 Å². The van der Waals surface area contributed by atoms with Crippen molar-refractivity contribution >= 4 is 30.8 Å². The Hall–Kier alpha value is 0.914. The normalized spacial score (nSPS) is 45.0. The molecule has 2 atom stereocenters. The van der Waals surface area contributed by atoms with E-state index in [1.54, 1.807) is 11.7 Å². The van der Waals surface area contributed by atoms with E-state index in [9.17, 15) is 0 Å². The molecule has 1 aliphatic rings. The van der Waals surface area contributed by atoms with E-state index in [1.165, 1.54) is 12.5 Å². The minimum absolute atomic E-state index is 0.205. The summed E-state index contributed by atoms with van der Waals surface area (Å²) in [5, 5.41) is 0. The summed E-state index contributed by atoms with van der Waals surface area (Å²) < 4.78 is 0. The van der Waals surface area contributed by atoms with Crippen LogP contribution in [-0.2, 0) is 0 Å². The van der Waals surface area contributed by atoms with Crippen LogP contribution in [0.4, 0.5) is 0 Å². The van der Waals surface area contributed by atoms with Gasteiger partial charge in [-0.3, -0.25) is 0 Å². The van der Waals surface area contributed by atoms with Crippen molar-refractivity contribution < 1.29 is 0 Å². The molecule has 0 N–H and O–H groups in total. The molecule has 0 spiro atoms. The van der Waals surface area contributed by atoms with Gasteiger partial charge in [0.2, 0.25) is 0 Å². The molecule has 54 valence electrons. The Morgan fingerprint density at radius 2 is 2.22 bits per heavy atom. The van der Waals surface area contributed by atoms with E-state index in [2.05, 4.69) is 28.4 Å². The monoisotopic (exact) mass is 222 g/mol. The minimum atomic E-state index is -0.779. The molecule has 1 saturated heterocycles. The SMILES string of the molecule is C[SiH]1CCC[Si](C)(Br)C1. The van der Waals surface area contributed by atoms with Crippen molar-refractivity contribution in [3.63, 3.8) is 0 Å². The van der Waals surface area contributed by atoms with Crippen molar-refractivity contribution in [1.29, 1.82) is 0 Å². The lowest BCUT2D eigenvalue weighted by atomic mass is 10.6. The maximum atomic E-state index is 3.91. The van der Waals surface area contributed by atoms with Crippen LogP contribution in [0.3, 0.4) is 0 Å². The molecule has 1 aliphatic heterocycles. The summed E-state index contributed by atoms with van der Waals surface area (Å²) >= 11 is 3.91. The first kappa shape index (κ1) is 8.01. The summed E-state index contributed by atoms with van der Waals surface area (Å²) in [6, 6.07) is 3.14. The summed E-state index contributed by atoms with van der Waals surface area (Å²) in [6.07, 6.45) is 1.53. The smallest absolute Gasteiger partial charge is 0.124 e. The Kier molecular flexibility index (Phi) is 2.57. The third-order valence-electron chi connectivity index (χ3n) is 2.17. The van der Waals surface area contributed by atoms with Crippen molar-refractivity contribution in [1.82, 2.24) is 0 Å². The molecule has 0 bridgehead atoms. The molecule has 2 unspecified atom stereocenters. The van der Waals surface area contributed by atoms with Crippen LogP contribution in [-0.4, -0.2) is 15.5 Å². The standard InChI is InChI=1S/C6H15BrSi2/c1-8-4-3-5-9(2,7)6-8/h8H,3-6H2,1-2H3. The zero-order valence-corrected chi connectivity index (χ0v) is 10.0. The van der Waals surface area contributed by atoms with Crippen molar-refractivity contribution in [3.05, 3.63) is 0 Å². The fraction of sp³-hybridized carbons (Fsp3) is 1.00. The van der Waals surface area contributed by atoms with Gasteiger partial charge in [0.15, 0.2) is 0 Å². The first-order valence-electron chi connectivity index (χ1n) is 3.79. The Morgan fingerprint density at radius 1 is 1.56 bits per heavy atom. The molecule has 1 fully saturated rings. The molecule has 1 heterocycles. The molecular formula is C6H15BrSi2. The van der Waals surface area contributed by atoms with Crippen molar-refractivity contribution in [2.45, 2.75) is 37.3 Å².